The second kappa shape index (κ2) is 6.17. The third-order valence-electron chi connectivity index (χ3n) is 2.99. The minimum Gasteiger partial charge on any atom is -0.497 e. The molecular formula is C15H13BrCl2O. The highest BCUT2D eigenvalue weighted by molar-refractivity contribution is 9.10. The molecular weight excluding hydrogens is 347 g/mol. The van der Waals surface area contributed by atoms with E-state index in [1.165, 1.54) is 0 Å². The molecule has 100 valence electrons. The molecule has 0 spiro atoms. The molecule has 0 amide bonds. The lowest BCUT2D eigenvalue weighted by Crippen LogP contribution is -1.97. The maximum absolute atomic E-state index is 6.55. The molecule has 2 aromatic rings. The lowest BCUT2D eigenvalue weighted by atomic mass is 10.00. The summed E-state index contributed by atoms with van der Waals surface area (Å²) in [5, 5.41) is 0.471. The molecule has 0 aromatic heterocycles. The van der Waals surface area contributed by atoms with Crippen LogP contribution in [0, 0.1) is 6.92 Å². The van der Waals surface area contributed by atoms with Crippen LogP contribution in [0.15, 0.2) is 40.9 Å². The average Bonchev–Trinajstić information content (AvgIpc) is 2.41. The van der Waals surface area contributed by atoms with Gasteiger partial charge in [0.05, 0.1) is 17.5 Å². The Hall–Kier alpha value is -0.700. The zero-order valence-corrected chi connectivity index (χ0v) is 13.7. The molecule has 1 nitrogen and oxygen atoms in total. The molecule has 0 saturated heterocycles. The molecule has 0 fully saturated rings. The normalized spacial score (nSPS) is 12.3. The highest BCUT2D eigenvalue weighted by Gasteiger charge is 2.14. The summed E-state index contributed by atoms with van der Waals surface area (Å²) in [7, 11) is 1.66. The summed E-state index contributed by atoms with van der Waals surface area (Å²) in [6.07, 6.45) is 0. The zero-order chi connectivity index (χ0) is 14.0. The molecule has 2 aromatic carbocycles. The van der Waals surface area contributed by atoms with Crippen molar-refractivity contribution < 1.29 is 4.74 Å². The summed E-state index contributed by atoms with van der Waals surface area (Å²) in [6, 6.07) is 11.6. The van der Waals surface area contributed by atoms with Crippen LogP contribution in [-0.2, 0) is 0 Å². The highest BCUT2D eigenvalue weighted by atomic mass is 79.9. The fourth-order valence-electron chi connectivity index (χ4n) is 1.91. The number of methoxy groups -OCH3 is 1. The van der Waals surface area contributed by atoms with Crippen LogP contribution >= 0.6 is 39.1 Å². The van der Waals surface area contributed by atoms with Gasteiger partial charge >= 0.3 is 0 Å². The maximum atomic E-state index is 6.55. The van der Waals surface area contributed by atoms with Gasteiger partial charge in [0.25, 0.3) is 0 Å². The fourth-order valence-corrected chi connectivity index (χ4v) is 2.80. The summed E-state index contributed by atoms with van der Waals surface area (Å²) in [5.41, 5.74) is 3.17. The van der Waals surface area contributed by atoms with Crippen molar-refractivity contribution in [2.24, 2.45) is 0 Å². The smallest absolute Gasteiger partial charge is 0.119 e. The quantitative estimate of drug-likeness (QED) is 0.634. The Labute approximate surface area is 131 Å². The van der Waals surface area contributed by atoms with E-state index < -0.39 is 0 Å². The van der Waals surface area contributed by atoms with Gasteiger partial charge in [0, 0.05) is 4.47 Å². The minimum atomic E-state index is -0.209. The van der Waals surface area contributed by atoms with Crippen LogP contribution in [0.5, 0.6) is 5.75 Å². The molecule has 0 aliphatic rings. The van der Waals surface area contributed by atoms with Gasteiger partial charge in [-0.3, -0.25) is 0 Å². The summed E-state index contributed by atoms with van der Waals surface area (Å²) in [4.78, 5) is 0. The molecule has 19 heavy (non-hydrogen) atoms. The van der Waals surface area contributed by atoms with Crippen molar-refractivity contribution in [2.45, 2.75) is 12.3 Å². The van der Waals surface area contributed by atoms with Gasteiger partial charge in [-0.2, -0.15) is 0 Å². The molecule has 1 unspecified atom stereocenters. The SMILES string of the molecule is COc1ccc(C(Cl)c2ccc(Cl)c(Br)c2)c(C)c1. The van der Waals surface area contributed by atoms with Gasteiger partial charge in [0.1, 0.15) is 5.75 Å². The fraction of sp³-hybridized carbons (Fsp3) is 0.200. The van der Waals surface area contributed by atoms with Crippen LogP contribution in [0.25, 0.3) is 0 Å². The molecule has 0 bridgehead atoms. The second-order valence-electron chi connectivity index (χ2n) is 4.26. The van der Waals surface area contributed by atoms with Gasteiger partial charge < -0.3 is 4.74 Å². The number of rotatable bonds is 3. The monoisotopic (exact) mass is 358 g/mol. The Balaban J connectivity index is 2.38. The number of ether oxygens (including phenoxy) is 1. The Morgan fingerprint density at radius 3 is 2.47 bits per heavy atom. The Bertz CT molecular complexity index is 599. The van der Waals surface area contributed by atoms with Crippen molar-refractivity contribution in [3.63, 3.8) is 0 Å². The topological polar surface area (TPSA) is 9.23 Å². The van der Waals surface area contributed by atoms with Crippen molar-refractivity contribution in [2.75, 3.05) is 7.11 Å². The van der Waals surface area contributed by atoms with Gasteiger partial charge in [-0.05, 0) is 63.8 Å². The number of hydrogen-bond donors (Lipinski definition) is 0. The van der Waals surface area contributed by atoms with Gasteiger partial charge in [0.15, 0.2) is 0 Å². The van der Waals surface area contributed by atoms with Crippen LogP contribution in [0.3, 0.4) is 0 Å². The lowest BCUT2D eigenvalue weighted by Gasteiger charge is -2.15. The molecule has 0 radical (unpaired) electrons. The summed E-state index contributed by atoms with van der Waals surface area (Å²) >= 11 is 16.0. The Morgan fingerprint density at radius 1 is 1.16 bits per heavy atom. The number of alkyl halides is 1. The third kappa shape index (κ3) is 3.25. The molecule has 1 atom stereocenters. The first-order valence-electron chi connectivity index (χ1n) is 5.76. The Kier molecular flexibility index (Phi) is 4.77. The third-order valence-corrected chi connectivity index (χ3v) is 4.69. The summed E-state index contributed by atoms with van der Waals surface area (Å²) in [6.45, 7) is 2.03. The van der Waals surface area contributed by atoms with Crippen LogP contribution in [0.2, 0.25) is 5.02 Å². The predicted octanol–water partition coefficient (Wildman–Crippen LogP) is 5.75. The van der Waals surface area contributed by atoms with E-state index in [1.807, 2.05) is 43.3 Å². The molecule has 0 heterocycles. The lowest BCUT2D eigenvalue weighted by molar-refractivity contribution is 0.414. The Morgan fingerprint density at radius 2 is 1.89 bits per heavy atom. The molecule has 4 heteroatoms. The number of halogens is 3. The number of aryl methyl sites for hydroxylation is 1. The number of hydrogen-bond acceptors (Lipinski definition) is 1. The van der Waals surface area contributed by atoms with E-state index in [1.54, 1.807) is 7.11 Å². The minimum absolute atomic E-state index is 0.209. The van der Waals surface area contributed by atoms with Crippen molar-refractivity contribution in [1.82, 2.24) is 0 Å². The van der Waals surface area contributed by atoms with Crippen LogP contribution in [-0.4, -0.2) is 7.11 Å². The van der Waals surface area contributed by atoms with Crippen LogP contribution in [0.4, 0.5) is 0 Å². The van der Waals surface area contributed by atoms with Crippen LogP contribution < -0.4 is 4.74 Å². The van der Waals surface area contributed by atoms with Crippen molar-refractivity contribution >= 4 is 39.1 Å². The molecule has 0 aliphatic heterocycles. The molecule has 0 N–H and O–H groups in total. The maximum Gasteiger partial charge on any atom is 0.119 e. The number of benzene rings is 2. The van der Waals surface area contributed by atoms with E-state index >= 15 is 0 Å². The largest absolute Gasteiger partial charge is 0.497 e. The van der Waals surface area contributed by atoms with E-state index in [4.69, 9.17) is 27.9 Å². The first kappa shape index (κ1) is 14.7. The first-order chi connectivity index (χ1) is 9.02. The highest BCUT2D eigenvalue weighted by Crippen LogP contribution is 2.35. The van der Waals surface area contributed by atoms with Crippen molar-refractivity contribution in [3.05, 3.63) is 62.6 Å². The van der Waals surface area contributed by atoms with E-state index in [9.17, 15) is 0 Å². The van der Waals surface area contributed by atoms with E-state index in [0.29, 0.717) is 5.02 Å². The van der Waals surface area contributed by atoms with Gasteiger partial charge in [0.2, 0.25) is 0 Å². The van der Waals surface area contributed by atoms with Gasteiger partial charge in [-0.25, -0.2) is 0 Å². The van der Waals surface area contributed by atoms with E-state index in [-0.39, 0.29) is 5.38 Å². The first-order valence-corrected chi connectivity index (χ1v) is 7.37. The van der Waals surface area contributed by atoms with Crippen LogP contribution in [0.1, 0.15) is 22.1 Å². The standard InChI is InChI=1S/C15H13BrCl2O/c1-9-7-11(19-2)4-5-12(9)15(18)10-3-6-14(17)13(16)8-10/h3-8,15H,1-2H3. The van der Waals surface area contributed by atoms with Gasteiger partial charge in [-0.1, -0.05) is 23.7 Å². The van der Waals surface area contributed by atoms with E-state index in [2.05, 4.69) is 15.9 Å². The summed E-state index contributed by atoms with van der Waals surface area (Å²) in [5.74, 6) is 0.836. The van der Waals surface area contributed by atoms with E-state index in [0.717, 1.165) is 26.9 Å². The average molecular weight is 360 g/mol. The van der Waals surface area contributed by atoms with Crippen molar-refractivity contribution in [3.8, 4) is 5.75 Å². The van der Waals surface area contributed by atoms with Gasteiger partial charge in [-0.15, -0.1) is 11.6 Å². The molecule has 0 aliphatic carbocycles. The molecule has 2 rings (SSSR count). The summed E-state index contributed by atoms with van der Waals surface area (Å²) < 4.78 is 6.05. The molecule has 0 saturated carbocycles. The zero-order valence-electron chi connectivity index (χ0n) is 10.6. The van der Waals surface area contributed by atoms with Crippen molar-refractivity contribution in [1.29, 1.82) is 0 Å². The predicted molar refractivity (Wildman–Crippen MR) is 84.6 cm³/mol. The second-order valence-corrected chi connectivity index (χ2v) is 5.96.